The van der Waals surface area contributed by atoms with Crippen molar-refractivity contribution in [1.29, 1.82) is 0 Å². The first-order valence-electron chi connectivity index (χ1n) is 6.53. The van der Waals surface area contributed by atoms with Crippen molar-refractivity contribution < 1.29 is 9.53 Å². The van der Waals surface area contributed by atoms with E-state index in [0.29, 0.717) is 6.42 Å². The minimum atomic E-state index is -0.0929. The smallest absolute Gasteiger partial charge is 0.305 e. The monoisotopic (exact) mass is 222 g/mol. The summed E-state index contributed by atoms with van der Waals surface area (Å²) >= 11 is 0. The minimum absolute atomic E-state index is 0.0929. The predicted molar refractivity (Wildman–Crippen MR) is 63.9 cm³/mol. The molecule has 0 aromatic rings. The van der Waals surface area contributed by atoms with Crippen LogP contribution in [-0.4, -0.2) is 13.1 Å². The molecule has 90 valence electrons. The van der Waals surface area contributed by atoms with Crippen molar-refractivity contribution in [1.82, 2.24) is 0 Å². The fraction of sp³-hybridized carbons (Fsp3) is 0.786. The van der Waals surface area contributed by atoms with Crippen LogP contribution in [0.1, 0.15) is 44.9 Å². The lowest BCUT2D eigenvalue weighted by molar-refractivity contribution is -0.140. The molecule has 3 unspecified atom stereocenters. The van der Waals surface area contributed by atoms with E-state index < -0.39 is 0 Å². The molecular weight excluding hydrogens is 200 g/mol. The Hall–Kier alpha value is -0.790. The van der Waals surface area contributed by atoms with Crippen molar-refractivity contribution in [2.75, 3.05) is 7.11 Å². The largest absolute Gasteiger partial charge is 0.469 e. The molecule has 2 aliphatic carbocycles. The Morgan fingerprint density at radius 3 is 2.81 bits per heavy atom. The summed E-state index contributed by atoms with van der Waals surface area (Å²) in [5.74, 6) is 3.05. The van der Waals surface area contributed by atoms with Crippen molar-refractivity contribution >= 4 is 5.97 Å². The number of carbonyl (C=O) groups is 1. The first-order valence-corrected chi connectivity index (χ1v) is 6.53. The van der Waals surface area contributed by atoms with Crippen LogP contribution in [0.3, 0.4) is 0 Å². The van der Waals surface area contributed by atoms with E-state index in [-0.39, 0.29) is 5.97 Å². The van der Waals surface area contributed by atoms with Gasteiger partial charge < -0.3 is 4.74 Å². The zero-order valence-corrected chi connectivity index (χ0v) is 10.2. The van der Waals surface area contributed by atoms with E-state index in [4.69, 9.17) is 0 Å². The van der Waals surface area contributed by atoms with Gasteiger partial charge >= 0.3 is 5.97 Å². The van der Waals surface area contributed by atoms with E-state index in [9.17, 15) is 4.79 Å². The summed E-state index contributed by atoms with van der Waals surface area (Å²) in [4.78, 5) is 10.8. The number of carbonyl (C=O) groups excluding carboxylic acids is 1. The minimum Gasteiger partial charge on any atom is -0.469 e. The van der Waals surface area contributed by atoms with Gasteiger partial charge in [-0.25, -0.2) is 0 Å². The van der Waals surface area contributed by atoms with Crippen molar-refractivity contribution in [3.63, 3.8) is 0 Å². The van der Waals surface area contributed by atoms with E-state index in [1.807, 2.05) is 0 Å². The third kappa shape index (κ3) is 2.66. The molecule has 2 fully saturated rings. The molecule has 2 aliphatic rings. The molecule has 0 bridgehead atoms. The number of allylic oxidation sites excluding steroid dienone is 2. The summed E-state index contributed by atoms with van der Waals surface area (Å²) in [6.45, 7) is 0. The van der Waals surface area contributed by atoms with Crippen LogP contribution in [0.5, 0.6) is 0 Å². The van der Waals surface area contributed by atoms with Crippen molar-refractivity contribution in [2.45, 2.75) is 44.9 Å². The highest BCUT2D eigenvalue weighted by atomic mass is 16.5. The highest BCUT2D eigenvalue weighted by Crippen LogP contribution is 2.55. The molecule has 0 N–H and O–H groups in total. The number of ether oxygens (including phenoxy) is 1. The second-order valence-electron chi connectivity index (χ2n) is 5.17. The van der Waals surface area contributed by atoms with Crippen LogP contribution in [0.4, 0.5) is 0 Å². The van der Waals surface area contributed by atoms with Crippen LogP contribution < -0.4 is 0 Å². The predicted octanol–water partition coefficient (Wildman–Crippen LogP) is 3.32. The zero-order chi connectivity index (χ0) is 11.4. The second kappa shape index (κ2) is 5.51. The SMILES string of the molecule is COC(=O)CCC/C=C\CC1CC2CCC12. The quantitative estimate of drug-likeness (QED) is 0.391. The molecule has 0 aromatic heterocycles. The Kier molecular flexibility index (Phi) is 4.03. The van der Waals surface area contributed by atoms with Crippen molar-refractivity contribution in [3.8, 4) is 0 Å². The van der Waals surface area contributed by atoms with Gasteiger partial charge in [-0.05, 0) is 56.3 Å². The number of fused-ring (bicyclic) bond motifs is 1. The first-order chi connectivity index (χ1) is 7.81. The van der Waals surface area contributed by atoms with E-state index in [1.54, 1.807) is 0 Å². The van der Waals surface area contributed by atoms with Crippen LogP contribution in [0.2, 0.25) is 0 Å². The van der Waals surface area contributed by atoms with Crippen LogP contribution >= 0.6 is 0 Å². The highest BCUT2D eigenvalue weighted by molar-refractivity contribution is 5.68. The Morgan fingerprint density at radius 1 is 1.38 bits per heavy atom. The van der Waals surface area contributed by atoms with Gasteiger partial charge in [0.2, 0.25) is 0 Å². The lowest BCUT2D eigenvalue weighted by atomic mass is 9.52. The molecule has 2 rings (SSSR count). The summed E-state index contributed by atoms with van der Waals surface area (Å²) in [6.07, 6.45) is 12.7. The van der Waals surface area contributed by atoms with Gasteiger partial charge in [0, 0.05) is 6.42 Å². The fourth-order valence-electron chi connectivity index (χ4n) is 3.00. The first kappa shape index (κ1) is 11.7. The molecule has 0 heterocycles. The molecule has 2 nitrogen and oxygen atoms in total. The Balaban J connectivity index is 1.48. The molecular formula is C14H22O2. The Morgan fingerprint density at radius 2 is 2.25 bits per heavy atom. The highest BCUT2D eigenvalue weighted by Gasteiger charge is 2.45. The number of esters is 1. The van der Waals surface area contributed by atoms with Gasteiger partial charge in [-0.2, -0.15) is 0 Å². The molecule has 16 heavy (non-hydrogen) atoms. The van der Waals surface area contributed by atoms with E-state index in [1.165, 1.54) is 32.8 Å². The van der Waals surface area contributed by atoms with Gasteiger partial charge in [0.1, 0.15) is 0 Å². The van der Waals surface area contributed by atoms with Crippen molar-refractivity contribution in [3.05, 3.63) is 12.2 Å². The maximum atomic E-state index is 10.8. The van der Waals surface area contributed by atoms with Gasteiger partial charge in [-0.3, -0.25) is 4.79 Å². The Bertz CT molecular complexity index is 270. The molecule has 0 aliphatic heterocycles. The molecule has 0 radical (unpaired) electrons. The molecule has 2 saturated carbocycles. The average molecular weight is 222 g/mol. The van der Waals surface area contributed by atoms with Crippen LogP contribution in [0.15, 0.2) is 12.2 Å². The molecule has 3 atom stereocenters. The maximum Gasteiger partial charge on any atom is 0.305 e. The summed E-state index contributed by atoms with van der Waals surface area (Å²) in [7, 11) is 1.45. The second-order valence-corrected chi connectivity index (χ2v) is 5.17. The summed E-state index contributed by atoms with van der Waals surface area (Å²) in [5.41, 5.74) is 0. The van der Waals surface area contributed by atoms with E-state index in [2.05, 4.69) is 16.9 Å². The Labute approximate surface area is 98.1 Å². The summed E-state index contributed by atoms with van der Waals surface area (Å²) in [6, 6.07) is 0. The maximum absolute atomic E-state index is 10.8. The van der Waals surface area contributed by atoms with Crippen LogP contribution in [0.25, 0.3) is 0 Å². The number of rotatable bonds is 6. The zero-order valence-electron chi connectivity index (χ0n) is 10.2. The van der Waals surface area contributed by atoms with E-state index >= 15 is 0 Å². The lowest BCUT2D eigenvalue weighted by Gasteiger charge is -2.53. The van der Waals surface area contributed by atoms with Gasteiger partial charge in [-0.1, -0.05) is 12.2 Å². The third-order valence-corrected chi connectivity index (χ3v) is 4.27. The van der Waals surface area contributed by atoms with E-state index in [0.717, 1.165) is 30.6 Å². The molecule has 2 heteroatoms. The third-order valence-electron chi connectivity index (χ3n) is 4.27. The van der Waals surface area contributed by atoms with Crippen LogP contribution in [-0.2, 0) is 9.53 Å². The van der Waals surface area contributed by atoms with Gasteiger partial charge in [0.25, 0.3) is 0 Å². The van der Waals surface area contributed by atoms with Crippen molar-refractivity contribution in [2.24, 2.45) is 17.8 Å². The standard InChI is InChI=1S/C14H22O2/c1-16-14(15)7-5-3-2-4-6-11-10-12-8-9-13(11)12/h2,4,11-13H,3,5-10H2,1H3/b4-2-. The van der Waals surface area contributed by atoms with Gasteiger partial charge in [-0.15, -0.1) is 0 Å². The topological polar surface area (TPSA) is 26.3 Å². The van der Waals surface area contributed by atoms with Gasteiger partial charge in [0.05, 0.1) is 7.11 Å². The van der Waals surface area contributed by atoms with Crippen LogP contribution in [0, 0.1) is 17.8 Å². The average Bonchev–Trinajstić information content (AvgIpc) is 2.28. The summed E-state index contributed by atoms with van der Waals surface area (Å²) in [5, 5.41) is 0. The molecule has 0 spiro atoms. The number of unbranched alkanes of at least 4 members (excludes halogenated alkanes) is 1. The normalized spacial score (nSPS) is 31.7. The van der Waals surface area contributed by atoms with Gasteiger partial charge in [0.15, 0.2) is 0 Å². The lowest BCUT2D eigenvalue weighted by Crippen LogP contribution is -2.43. The number of hydrogen-bond donors (Lipinski definition) is 0. The fourth-order valence-corrected chi connectivity index (χ4v) is 3.00. The summed E-state index contributed by atoms with van der Waals surface area (Å²) < 4.78 is 4.59. The number of hydrogen-bond acceptors (Lipinski definition) is 2. The number of methoxy groups -OCH3 is 1. The molecule has 0 aromatic carbocycles. The molecule has 0 amide bonds. The molecule has 0 saturated heterocycles.